The Morgan fingerprint density at radius 1 is 1.25 bits per heavy atom. The summed E-state index contributed by atoms with van der Waals surface area (Å²) in [6.45, 7) is 4.21. The molecule has 1 aromatic carbocycles. The van der Waals surface area contributed by atoms with Crippen LogP contribution in [-0.2, 0) is 6.42 Å². The predicted molar refractivity (Wildman–Crippen MR) is 67.2 cm³/mol. The molecule has 0 aliphatic carbocycles. The van der Waals surface area contributed by atoms with Crippen molar-refractivity contribution < 1.29 is 0 Å². The van der Waals surface area contributed by atoms with E-state index < -0.39 is 0 Å². The SMILES string of the molecule is C#CC(Cc1ccccc1)N1CCNCC1. The van der Waals surface area contributed by atoms with E-state index in [2.05, 4.69) is 40.4 Å². The van der Waals surface area contributed by atoms with Crippen LogP contribution in [0, 0.1) is 12.3 Å². The molecule has 2 heteroatoms. The highest BCUT2D eigenvalue weighted by Crippen LogP contribution is 2.09. The van der Waals surface area contributed by atoms with Crippen LogP contribution in [0.5, 0.6) is 0 Å². The van der Waals surface area contributed by atoms with Gasteiger partial charge in [0.05, 0.1) is 6.04 Å². The molecule has 1 heterocycles. The van der Waals surface area contributed by atoms with E-state index in [4.69, 9.17) is 6.42 Å². The van der Waals surface area contributed by atoms with E-state index in [1.165, 1.54) is 5.56 Å². The number of hydrogen-bond acceptors (Lipinski definition) is 2. The van der Waals surface area contributed by atoms with E-state index in [1.54, 1.807) is 0 Å². The van der Waals surface area contributed by atoms with Crippen molar-refractivity contribution in [3.05, 3.63) is 35.9 Å². The van der Waals surface area contributed by atoms with E-state index in [0.717, 1.165) is 32.6 Å². The lowest BCUT2D eigenvalue weighted by molar-refractivity contribution is 0.206. The van der Waals surface area contributed by atoms with Crippen LogP contribution in [-0.4, -0.2) is 37.1 Å². The number of nitrogens with one attached hydrogen (secondary N) is 1. The van der Waals surface area contributed by atoms with Gasteiger partial charge in [0, 0.05) is 26.2 Å². The maximum atomic E-state index is 5.64. The van der Waals surface area contributed by atoms with Gasteiger partial charge >= 0.3 is 0 Å². The number of terminal acetylenes is 1. The van der Waals surface area contributed by atoms with Gasteiger partial charge in [0.1, 0.15) is 0 Å². The number of nitrogens with zero attached hydrogens (tertiary/aromatic N) is 1. The molecule has 2 rings (SSSR count). The minimum absolute atomic E-state index is 0.240. The summed E-state index contributed by atoms with van der Waals surface area (Å²) in [4.78, 5) is 2.39. The summed E-state index contributed by atoms with van der Waals surface area (Å²) in [5.41, 5.74) is 1.32. The quantitative estimate of drug-likeness (QED) is 0.759. The highest BCUT2D eigenvalue weighted by Gasteiger charge is 2.18. The van der Waals surface area contributed by atoms with Crippen molar-refractivity contribution in [1.29, 1.82) is 0 Å². The molecule has 1 atom stereocenters. The van der Waals surface area contributed by atoms with Gasteiger partial charge in [-0.15, -0.1) is 6.42 Å². The van der Waals surface area contributed by atoms with E-state index in [9.17, 15) is 0 Å². The van der Waals surface area contributed by atoms with E-state index >= 15 is 0 Å². The summed E-state index contributed by atoms with van der Waals surface area (Å²) in [5, 5.41) is 3.35. The summed E-state index contributed by atoms with van der Waals surface area (Å²) < 4.78 is 0. The van der Waals surface area contributed by atoms with Crippen LogP contribution in [0.4, 0.5) is 0 Å². The molecule has 0 saturated carbocycles. The lowest BCUT2D eigenvalue weighted by Crippen LogP contribution is -2.48. The molecule has 1 unspecified atom stereocenters. The summed E-state index contributed by atoms with van der Waals surface area (Å²) in [6, 6.07) is 10.7. The molecule has 1 N–H and O–H groups in total. The highest BCUT2D eigenvalue weighted by molar-refractivity contribution is 5.19. The molecule has 1 fully saturated rings. The Bertz CT molecular complexity index is 347. The normalized spacial score (nSPS) is 18.9. The van der Waals surface area contributed by atoms with Crippen molar-refractivity contribution in [3.8, 4) is 12.3 Å². The second kappa shape index (κ2) is 5.69. The van der Waals surface area contributed by atoms with Crippen molar-refractivity contribution >= 4 is 0 Å². The zero-order valence-electron chi connectivity index (χ0n) is 9.52. The third-order valence-electron chi connectivity index (χ3n) is 3.06. The molecule has 1 aliphatic rings. The fourth-order valence-corrected chi connectivity index (χ4v) is 2.12. The first-order chi connectivity index (χ1) is 7.90. The molecular formula is C14H18N2. The van der Waals surface area contributed by atoms with Crippen molar-refractivity contribution in [2.75, 3.05) is 26.2 Å². The predicted octanol–water partition coefficient (Wildman–Crippen LogP) is 1.14. The zero-order valence-corrected chi connectivity index (χ0v) is 9.52. The molecule has 0 spiro atoms. The van der Waals surface area contributed by atoms with Gasteiger partial charge in [-0.3, -0.25) is 4.90 Å². The molecule has 16 heavy (non-hydrogen) atoms. The van der Waals surface area contributed by atoms with Gasteiger partial charge in [0.25, 0.3) is 0 Å². The van der Waals surface area contributed by atoms with Crippen LogP contribution in [0.3, 0.4) is 0 Å². The van der Waals surface area contributed by atoms with Crippen LogP contribution >= 0.6 is 0 Å². The largest absolute Gasteiger partial charge is 0.314 e. The van der Waals surface area contributed by atoms with Gasteiger partial charge in [-0.25, -0.2) is 0 Å². The zero-order chi connectivity index (χ0) is 11.2. The molecule has 0 amide bonds. The second-order valence-electron chi connectivity index (χ2n) is 4.16. The highest BCUT2D eigenvalue weighted by atomic mass is 15.2. The van der Waals surface area contributed by atoms with Gasteiger partial charge in [-0.05, 0) is 12.0 Å². The lowest BCUT2D eigenvalue weighted by atomic mass is 10.0. The third kappa shape index (κ3) is 2.85. The Morgan fingerprint density at radius 2 is 1.94 bits per heavy atom. The molecular weight excluding hydrogens is 196 g/mol. The van der Waals surface area contributed by atoms with Crippen molar-refractivity contribution in [3.63, 3.8) is 0 Å². The van der Waals surface area contributed by atoms with Gasteiger partial charge < -0.3 is 5.32 Å². The molecule has 0 aromatic heterocycles. The first kappa shape index (κ1) is 11.2. The molecule has 1 aromatic rings. The van der Waals surface area contributed by atoms with Crippen LogP contribution in [0.25, 0.3) is 0 Å². The molecule has 0 radical (unpaired) electrons. The van der Waals surface area contributed by atoms with Crippen molar-refractivity contribution in [1.82, 2.24) is 10.2 Å². The maximum absolute atomic E-state index is 5.64. The summed E-state index contributed by atoms with van der Waals surface area (Å²) >= 11 is 0. The summed E-state index contributed by atoms with van der Waals surface area (Å²) in [6.07, 6.45) is 6.60. The van der Waals surface area contributed by atoms with Gasteiger partial charge in [0.2, 0.25) is 0 Å². The van der Waals surface area contributed by atoms with Crippen molar-refractivity contribution in [2.45, 2.75) is 12.5 Å². The molecule has 0 bridgehead atoms. The number of hydrogen-bond donors (Lipinski definition) is 1. The third-order valence-corrected chi connectivity index (χ3v) is 3.06. The fourth-order valence-electron chi connectivity index (χ4n) is 2.12. The maximum Gasteiger partial charge on any atom is 0.0753 e. The Kier molecular flexibility index (Phi) is 3.98. The number of rotatable bonds is 3. The first-order valence-corrected chi connectivity index (χ1v) is 5.85. The van der Waals surface area contributed by atoms with Crippen LogP contribution in [0.1, 0.15) is 5.56 Å². The Balaban J connectivity index is 1.98. The number of benzene rings is 1. The van der Waals surface area contributed by atoms with E-state index in [0.29, 0.717) is 0 Å². The van der Waals surface area contributed by atoms with Gasteiger partial charge in [0.15, 0.2) is 0 Å². The minimum Gasteiger partial charge on any atom is -0.314 e. The second-order valence-corrected chi connectivity index (χ2v) is 4.16. The fraction of sp³-hybridized carbons (Fsp3) is 0.429. The van der Waals surface area contributed by atoms with E-state index in [1.807, 2.05) is 6.07 Å². The average molecular weight is 214 g/mol. The molecule has 84 valence electrons. The Morgan fingerprint density at radius 3 is 2.56 bits per heavy atom. The summed E-state index contributed by atoms with van der Waals surface area (Å²) in [7, 11) is 0. The van der Waals surface area contributed by atoms with Crippen LogP contribution in [0.2, 0.25) is 0 Å². The van der Waals surface area contributed by atoms with Crippen molar-refractivity contribution in [2.24, 2.45) is 0 Å². The molecule has 1 saturated heterocycles. The van der Waals surface area contributed by atoms with Gasteiger partial charge in [-0.1, -0.05) is 36.3 Å². The standard InChI is InChI=1S/C14H18N2/c1-2-14(16-10-8-15-9-11-16)12-13-6-4-3-5-7-13/h1,3-7,14-15H,8-12H2. The first-order valence-electron chi connectivity index (χ1n) is 5.85. The smallest absolute Gasteiger partial charge is 0.0753 e. The summed E-state index contributed by atoms with van der Waals surface area (Å²) in [5.74, 6) is 2.92. The number of piperazine rings is 1. The Hall–Kier alpha value is -1.30. The molecule has 1 aliphatic heterocycles. The van der Waals surface area contributed by atoms with Crippen LogP contribution in [0.15, 0.2) is 30.3 Å². The van der Waals surface area contributed by atoms with Gasteiger partial charge in [-0.2, -0.15) is 0 Å². The van der Waals surface area contributed by atoms with E-state index in [-0.39, 0.29) is 6.04 Å². The topological polar surface area (TPSA) is 15.3 Å². The minimum atomic E-state index is 0.240. The van der Waals surface area contributed by atoms with Crippen LogP contribution < -0.4 is 5.32 Å². The molecule has 2 nitrogen and oxygen atoms in total. The monoisotopic (exact) mass is 214 g/mol. The average Bonchev–Trinajstić information content (AvgIpc) is 2.38. The lowest BCUT2D eigenvalue weighted by Gasteiger charge is -2.32. The Labute approximate surface area is 97.7 Å².